The number of carbonyl (C=O) groups is 1. The fourth-order valence-electron chi connectivity index (χ4n) is 0.999. The first kappa shape index (κ1) is 11.0. The van der Waals surface area contributed by atoms with E-state index in [1.54, 1.807) is 0 Å². The Morgan fingerprint density at radius 1 is 1.60 bits per heavy atom. The SMILES string of the molecule is C[N+]#Cc1ccc(F)cc1NC(=O)OC. The molecule has 4 nitrogen and oxygen atoms in total. The molecule has 0 aliphatic rings. The minimum absolute atomic E-state index is 0.271. The van der Waals surface area contributed by atoms with Crippen LogP contribution in [0.5, 0.6) is 0 Å². The highest BCUT2D eigenvalue weighted by molar-refractivity contribution is 5.86. The molecular formula is C10H10FN2O2+. The Balaban J connectivity index is 3.05. The van der Waals surface area contributed by atoms with Crippen molar-refractivity contribution in [1.82, 2.24) is 0 Å². The number of halogens is 1. The van der Waals surface area contributed by atoms with Gasteiger partial charge in [-0.1, -0.05) is 4.85 Å². The first-order valence-electron chi connectivity index (χ1n) is 4.16. The average molecular weight is 209 g/mol. The largest absolute Gasteiger partial charge is 0.453 e. The number of hydrogen-bond acceptors (Lipinski definition) is 2. The van der Waals surface area contributed by atoms with Gasteiger partial charge in [0.05, 0.1) is 12.8 Å². The van der Waals surface area contributed by atoms with Crippen molar-refractivity contribution in [2.45, 2.75) is 0 Å². The standard InChI is InChI=1S/C10H9FN2O2/c1-12-6-7-3-4-8(11)5-9(7)13-10(14)15-2/h3-5H,1-2H3/p+1. The van der Waals surface area contributed by atoms with Gasteiger partial charge in [-0.2, -0.15) is 0 Å². The van der Waals surface area contributed by atoms with Crippen LogP contribution in [0.3, 0.4) is 0 Å². The molecule has 0 radical (unpaired) electrons. The zero-order valence-corrected chi connectivity index (χ0v) is 8.37. The third-order valence-corrected chi connectivity index (χ3v) is 1.64. The second-order valence-corrected chi connectivity index (χ2v) is 2.64. The molecule has 0 aromatic heterocycles. The molecule has 0 spiro atoms. The summed E-state index contributed by atoms with van der Waals surface area (Å²) in [5, 5.41) is 2.36. The van der Waals surface area contributed by atoms with Crippen molar-refractivity contribution in [2.75, 3.05) is 19.5 Å². The number of anilines is 1. The molecule has 1 N–H and O–H groups in total. The Morgan fingerprint density at radius 2 is 2.33 bits per heavy atom. The highest BCUT2D eigenvalue weighted by Gasteiger charge is 2.09. The quantitative estimate of drug-likeness (QED) is 0.771. The summed E-state index contributed by atoms with van der Waals surface area (Å²) in [6.45, 7) is 0. The van der Waals surface area contributed by atoms with Gasteiger partial charge in [0.15, 0.2) is 0 Å². The first-order valence-corrected chi connectivity index (χ1v) is 4.16. The van der Waals surface area contributed by atoms with E-state index in [0.717, 1.165) is 0 Å². The van der Waals surface area contributed by atoms with Gasteiger partial charge < -0.3 is 4.74 Å². The second-order valence-electron chi connectivity index (χ2n) is 2.64. The van der Waals surface area contributed by atoms with Gasteiger partial charge in [0.25, 0.3) is 7.05 Å². The van der Waals surface area contributed by atoms with Crippen LogP contribution in [-0.2, 0) is 4.74 Å². The van der Waals surface area contributed by atoms with Gasteiger partial charge in [-0.15, -0.1) is 0 Å². The van der Waals surface area contributed by atoms with Crippen LogP contribution in [0.2, 0.25) is 0 Å². The maximum Gasteiger partial charge on any atom is 0.411 e. The Kier molecular flexibility index (Phi) is 3.63. The predicted molar refractivity (Wildman–Crippen MR) is 54.7 cm³/mol. The normalized spacial score (nSPS) is 8.73. The van der Waals surface area contributed by atoms with E-state index in [1.165, 1.54) is 32.4 Å². The number of carbonyl (C=O) groups excluding carboxylic acids is 1. The Labute approximate surface area is 86.5 Å². The summed E-state index contributed by atoms with van der Waals surface area (Å²) < 4.78 is 17.3. The van der Waals surface area contributed by atoms with Crippen molar-refractivity contribution < 1.29 is 13.9 Å². The zero-order valence-electron chi connectivity index (χ0n) is 8.37. The summed E-state index contributed by atoms with van der Waals surface area (Å²) in [6, 6.07) is 6.52. The van der Waals surface area contributed by atoms with E-state index in [2.05, 4.69) is 21.0 Å². The number of ether oxygens (including phenoxy) is 1. The molecule has 5 heteroatoms. The smallest absolute Gasteiger partial charge is 0.411 e. The van der Waals surface area contributed by atoms with Gasteiger partial charge in [-0.3, -0.25) is 5.32 Å². The fourth-order valence-corrected chi connectivity index (χ4v) is 0.999. The molecule has 0 saturated heterocycles. The topological polar surface area (TPSA) is 42.7 Å². The van der Waals surface area contributed by atoms with Gasteiger partial charge in [0.2, 0.25) is 0 Å². The molecule has 0 fully saturated rings. The molecule has 0 unspecified atom stereocenters. The van der Waals surface area contributed by atoms with E-state index in [0.29, 0.717) is 5.56 Å². The van der Waals surface area contributed by atoms with Gasteiger partial charge in [0, 0.05) is 0 Å². The summed E-state index contributed by atoms with van der Waals surface area (Å²) >= 11 is 0. The summed E-state index contributed by atoms with van der Waals surface area (Å²) in [5.74, 6) is -0.456. The molecule has 1 rings (SSSR count). The van der Waals surface area contributed by atoms with Crippen LogP contribution < -0.4 is 5.32 Å². The van der Waals surface area contributed by atoms with Gasteiger partial charge in [-0.05, 0) is 18.2 Å². The third kappa shape index (κ3) is 2.95. The lowest BCUT2D eigenvalue weighted by atomic mass is 10.2. The van der Waals surface area contributed by atoms with E-state index in [4.69, 9.17) is 0 Å². The minimum Gasteiger partial charge on any atom is -0.453 e. The molecule has 0 saturated carbocycles. The minimum atomic E-state index is -0.667. The van der Waals surface area contributed by atoms with Crippen LogP contribution in [0.1, 0.15) is 5.56 Å². The van der Waals surface area contributed by atoms with Gasteiger partial charge >= 0.3 is 12.2 Å². The number of hydrogen-bond donors (Lipinski definition) is 1. The molecule has 15 heavy (non-hydrogen) atoms. The monoisotopic (exact) mass is 209 g/mol. The van der Waals surface area contributed by atoms with Gasteiger partial charge in [0.1, 0.15) is 11.4 Å². The highest BCUT2D eigenvalue weighted by Crippen LogP contribution is 2.16. The van der Waals surface area contributed by atoms with Crippen LogP contribution in [-0.4, -0.2) is 20.3 Å². The van der Waals surface area contributed by atoms with Crippen LogP contribution in [0.15, 0.2) is 18.2 Å². The molecule has 1 aromatic rings. The predicted octanol–water partition coefficient (Wildman–Crippen LogP) is 2.31. The van der Waals surface area contributed by atoms with Crippen molar-refractivity contribution in [3.63, 3.8) is 0 Å². The van der Waals surface area contributed by atoms with Crippen LogP contribution >= 0.6 is 0 Å². The molecule has 0 heterocycles. The van der Waals surface area contributed by atoms with E-state index >= 15 is 0 Å². The number of methoxy groups -OCH3 is 1. The average Bonchev–Trinajstić information content (AvgIpc) is 2.22. The van der Waals surface area contributed by atoms with E-state index in [1.807, 2.05) is 0 Å². The molecule has 0 aliphatic heterocycles. The van der Waals surface area contributed by atoms with Crippen molar-refractivity contribution in [3.8, 4) is 6.07 Å². The summed E-state index contributed by atoms with van der Waals surface area (Å²) in [4.78, 5) is 14.6. The zero-order chi connectivity index (χ0) is 11.3. The maximum absolute atomic E-state index is 12.9. The summed E-state index contributed by atoms with van der Waals surface area (Å²) in [6.07, 6.45) is -0.667. The molecule has 78 valence electrons. The summed E-state index contributed by atoms with van der Waals surface area (Å²) in [7, 11) is 2.76. The number of nitrogens with zero attached hydrogens (tertiary/aromatic N) is 1. The van der Waals surface area contributed by atoms with Crippen molar-refractivity contribution in [3.05, 3.63) is 34.4 Å². The molecule has 1 aromatic carbocycles. The number of benzene rings is 1. The third-order valence-electron chi connectivity index (χ3n) is 1.64. The first-order chi connectivity index (χ1) is 7.17. The van der Waals surface area contributed by atoms with Crippen LogP contribution in [0.25, 0.3) is 4.85 Å². The Hall–Kier alpha value is -2.09. The number of amides is 1. The highest BCUT2D eigenvalue weighted by atomic mass is 19.1. The molecule has 0 aliphatic carbocycles. The second kappa shape index (κ2) is 4.96. The lowest BCUT2D eigenvalue weighted by molar-refractivity contribution is 0.187. The summed E-state index contributed by atoms with van der Waals surface area (Å²) in [5.41, 5.74) is 0.761. The van der Waals surface area contributed by atoms with Crippen molar-refractivity contribution in [1.29, 1.82) is 0 Å². The van der Waals surface area contributed by atoms with Crippen molar-refractivity contribution >= 4 is 11.8 Å². The molecule has 0 bridgehead atoms. The van der Waals surface area contributed by atoms with Crippen LogP contribution in [0.4, 0.5) is 14.9 Å². The molecular weight excluding hydrogens is 199 g/mol. The molecule has 0 atom stereocenters. The van der Waals surface area contributed by atoms with E-state index in [-0.39, 0.29) is 5.69 Å². The Bertz CT molecular complexity index is 435. The fraction of sp³-hybridized carbons (Fsp3) is 0.200. The number of nitrogens with one attached hydrogen (secondary N) is 1. The maximum atomic E-state index is 12.9. The molecule has 1 amide bonds. The lowest BCUT2D eigenvalue weighted by Crippen LogP contribution is -2.12. The van der Waals surface area contributed by atoms with Gasteiger partial charge in [-0.25, -0.2) is 9.18 Å². The lowest BCUT2D eigenvalue weighted by Gasteiger charge is -2.03. The Morgan fingerprint density at radius 3 is 2.93 bits per heavy atom. The van der Waals surface area contributed by atoms with Crippen LogP contribution in [0, 0.1) is 11.9 Å². The van der Waals surface area contributed by atoms with E-state index in [9.17, 15) is 9.18 Å². The van der Waals surface area contributed by atoms with E-state index < -0.39 is 11.9 Å². The number of rotatable bonds is 1. The van der Waals surface area contributed by atoms with Crippen molar-refractivity contribution in [2.24, 2.45) is 0 Å².